The highest BCUT2D eigenvalue weighted by Crippen LogP contribution is 2.23. The summed E-state index contributed by atoms with van der Waals surface area (Å²) in [5.41, 5.74) is 4.27. The molecule has 0 N–H and O–H groups in total. The van der Waals surface area contributed by atoms with Crippen molar-refractivity contribution in [2.75, 3.05) is 20.3 Å². The molecule has 0 saturated carbocycles. The number of nitrogens with zero attached hydrogens (tertiary/aromatic N) is 1. The molecule has 0 saturated heterocycles. The van der Waals surface area contributed by atoms with Gasteiger partial charge in [-0.1, -0.05) is 12.1 Å². The van der Waals surface area contributed by atoms with Crippen LogP contribution in [0.2, 0.25) is 0 Å². The number of ketones is 1. The SMILES string of the molecule is COc1ccc(-n2c(C)cc(C(=O)COC(=O)CCOc3cccc(C)c3)c2C)cc1. The summed E-state index contributed by atoms with van der Waals surface area (Å²) in [5.74, 6) is 0.765. The number of carbonyl (C=O) groups excluding carboxylic acids is 2. The summed E-state index contributed by atoms with van der Waals surface area (Å²) in [6, 6.07) is 17.0. The fourth-order valence-electron chi connectivity index (χ4n) is 3.43. The van der Waals surface area contributed by atoms with Crippen LogP contribution in [0.3, 0.4) is 0 Å². The first-order valence-corrected chi connectivity index (χ1v) is 10.1. The number of hydrogen-bond acceptors (Lipinski definition) is 5. The van der Waals surface area contributed by atoms with Gasteiger partial charge in [-0.05, 0) is 68.8 Å². The molecular formula is C25H27NO5. The Morgan fingerprint density at radius 1 is 0.935 bits per heavy atom. The van der Waals surface area contributed by atoms with E-state index in [9.17, 15) is 9.59 Å². The molecule has 31 heavy (non-hydrogen) atoms. The van der Waals surface area contributed by atoms with Crippen LogP contribution in [0.4, 0.5) is 0 Å². The predicted molar refractivity (Wildman–Crippen MR) is 118 cm³/mol. The van der Waals surface area contributed by atoms with Gasteiger partial charge in [-0.3, -0.25) is 9.59 Å². The smallest absolute Gasteiger partial charge is 0.309 e. The molecule has 0 aliphatic heterocycles. The molecule has 6 nitrogen and oxygen atoms in total. The predicted octanol–water partition coefficient (Wildman–Crippen LogP) is 4.61. The summed E-state index contributed by atoms with van der Waals surface area (Å²) in [5, 5.41) is 0. The molecule has 2 aromatic carbocycles. The second kappa shape index (κ2) is 9.98. The molecule has 3 aromatic rings. The number of ether oxygens (including phenoxy) is 3. The van der Waals surface area contributed by atoms with Crippen LogP contribution < -0.4 is 9.47 Å². The highest BCUT2D eigenvalue weighted by atomic mass is 16.5. The van der Waals surface area contributed by atoms with Gasteiger partial charge in [0.2, 0.25) is 5.78 Å². The number of carbonyl (C=O) groups is 2. The van der Waals surface area contributed by atoms with Crippen LogP contribution in [0.5, 0.6) is 11.5 Å². The number of aromatic nitrogens is 1. The van der Waals surface area contributed by atoms with Gasteiger partial charge in [-0.15, -0.1) is 0 Å². The Kier molecular flexibility index (Phi) is 7.13. The van der Waals surface area contributed by atoms with Gasteiger partial charge in [0, 0.05) is 22.6 Å². The molecule has 0 amide bonds. The third-order valence-corrected chi connectivity index (χ3v) is 4.99. The first kappa shape index (κ1) is 22.2. The van der Waals surface area contributed by atoms with Gasteiger partial charge in [-0.25, -0.2) is 0 Å². The third-order valence-electron chi connectivity index (χ3n) is 4.99. The van der Waals surface area contributed by atoms with Crippen molar-refractivity contribution >= 4 is 11.8 Å². The number of rotatable bonds is 9. The van der Waals surface area contributed by atoms with Crippen molar-refractivity contribution in [1.29, 1.82) is 0 Å². The molecule has 0 aliphatic rings. The maximum Gasteiger partial charge on any atom is 0.309 e. The molecule has 3 rings (SSSR count). The zero-order valence-electron chi connectivity index (χ0n) is 18.3. The zero-order valence-corrected chi connectivity index (χ0v) is 18.3. The van der Waals surface area contributed by atoms with Gasteiger partial charge >= 0.3 is 5.97 Å². The van der Waals surface area contributed by atoms with Crippen LogP contribution in [0.1, 0.15) is 33.7 Å². The summed E-state index contributed by atoms with van der Waals surface area (Å²) in [6.07, 6.45) is 0.0755. The number of Topliss-reactive ketones (excluding diaryl/α,β-unsaturated/α-hetero) is 1. The number of benzene rings is 2. The molecular weight excluding hydrogens is 394 g/mol. The van der Waals surface area contributed by atoms with Crippen molar-refractivity contribution in [3.8, 4) is 17.2 Å². The lowest BCUT2D eigenvalue weighted by Gasteiger charge is -2.11. The van der Waals surface area contributed by atoms with E-state index in [0.29, 0.717) is 11.3 Å². The Morgan fingerprint density at radius 3 is 2.35 bits per heavy atom. The monoisotopic (exact) mass is 421 g/mol. The van der Waals surface area contributed by atoms with Gasteiger partial charge in [0.25, 0.3) is 0 Å². The number of esters is 1. The highest BCUT2D eigenvalue weighted by Gasteiger charge is 2.18. The van der Waals surface area contributed by atoms with Crippen LogP contribution in [0.25, 0.3) is 5.69 Å². The third kappa shape index (κ3) is 5.54. The quantitative estimate of drug-likeness (QED) is 0.373. The maximum absolute atomic E-state index is 12.7. The summed E-state index contributed by atoms with van der Waals surface area (Å²) in [7, 11) is 1.62. The largest absolute Gasteiger partial charge is 0.497 e. The van der Waals surface area contributed by atoms with Gasteiger partial charge in [0.05, 0.1) is 20.1 Å². The van der Waals surface area contributed by atoms with Crippen molar-refractivity contribution in [2.24, 2.45) is 0 Å². The average Bonchev–Trinajstić information content (AvgIpc) is 3.06. The molecule has 0 unspecified atom stereocenters. The molecule has 0 spiro atoms. The van der Waals surface area contributed by atoms with Crippen molar-refractivity contribution < 1.29 is 23.8 Å². The van der Waals surface area contributed by atoms with Crippen molar-refractivity contribution in [3.05, 3.63) is 77.1 Å². The molecule has 1 aromatic heterocycles. The second-order valence-electron chi connectivity index (χ2n) is 7.32. The zero-order chi connectivity index (χ0) is 22.4. The molecule has 0 radical (unpaired) electrons. The van der Waals surface area contributed by atoms with Gasteiger partial charge in [0.1, 0.15) is 11.5 Å². The fourth-order valence-corrected chi connectivity index (χ4v) is 3.43. The Morgan fingerprint density at radius 2 is 1.68 bits per heavy atom. The Balaban J connectivity index is 1.56. The van der Waals surface area contributed by atoms with Crippen LogP contribution in [0, 0.1) is 20.8 Å². The standard InChI is InChI=1S/C25H27NO5/c1-17-6-5-7-22(14-17)30-13-12-25(28)31-16-24(27)23-15-18(2)26(19(23)3)20-8-10-21(29-4)11-9-20/h5-11,14-15H,12-13,16H2,1-4H3. The molecule has 0 atom stereocenters. The van der Waals surface area contributed by atoms with E-state index in [-0.39, 0.29) is 25.4 Å². The maximum atomic E-state index is 12.7. The molecule has 6 heteroatoms. The van der Waals surface area contributed by atoms with E-state index in [1.807, 2.05) is 79.9 Å². The van der Waals surface area contributed by atoms with E-state index in [2.05, 4.69) is 0 Å². The van der Waals surface area contributed by atoms with Crippen molar-refractivity contribution in [1.82, 2.24) is 4.57 Å². The van der Waals surface area contributed by atoms with E-state index in [1.54, 1.807) is 7.11 Å². The minimum atomic E-state index is -0.468. The van der Waals surface area contributed by atoms with E-state index < -0.39 is 5.97 Å². The second-order valence-corrected chi connectivity index (χ2v) is 7.32. The van der Waals surface area contributed by atoms with Crippen molar-refractivity contribution in [3.63, 3.8) is 0 Å². The Labute approximate surface area is 182 Å². The van der Waals surface area contributed by atoms with E-state index >= 15 is 0 Å². The fraction of sp³-hybridized carbons (Fsp3) is 0.280. The first-order valence-electron chi connectivity index (χ1n) is 10.1. The minimum absolute atomic E-state index is 0.0755. The van der Waals surface area contributed by atoms with Crippen LogP contribution >= 0.6 is 0 Å². The van der Waals surface area contributed by atoms with E-state index in [4.69, 9.17) is 14.2 Å². The Hall–Kier alpha value is -3.54. The van der Waals surface area contributed by atoms with Crippen LogP contribution in [0.15, 0.2) is 54.6 Å². The summed E-state index contributed by atoms with van der Waals surface area (Å²) >= 11 is 0. The molecule has 162 valence electrons. The summed E-state index contributed by atoms with van der Waals surface area (Å²) in [6.45, 7) is 5.68. The van der Waals surface area contributed by atoms with Crippen LogP contribution in [-0.2, 0) is 9.53 Å². The van der Waals surface area contributed by atoms with E-state index in [0.717, 1.165) is 28.4 Å². The molecule has 0 bridgehead atoms. The number of methoxy groups -OCH3 is 1. The highest BCUT2D eigenvalue weighted by molar-refractivity contribution is 5.99. The topological polar surface area (TPSA) is 66.8 Å². The molecule has 0 fully saturated rings. The average molecular weight is 421 g/mol. The van der Waals surface area contributed by atoms with Gasteiger partial charge in [-0.2, -0.15) is 0 Å². The normalized spacial score (nSPS) is 10.6. The van der Waals surface area contributed by atoms with E-state index in [1.165, 1.54) is 0 Å². The number of hydrogen-bond donors (Lipinski definition) is 0. The van der Waals surface area contributed by atoms with Crippen molar-refractivity contribution in [2.45, 2.75) is 27.2 Å². The lowest BCUT2D eigenvalue weighted by molar-refractivity contribution is -0.143. The summed E-state index contributed by atoms with van der Waals surface area (Å²) < 4.78 is 17.9. The lowest BCUT2D eigenvalue weighted by Crippen LogP contribution is -2.16. The lowest BCUT2D eigenvalue weighted by atomic mass is 10.1. The Bertz CT molecular complexity index is 1070. The number of aryl methyl sites for hydroxylation is 2. The first-order chi connectivity index (χ1) is 14.9. The summed E-state index contributed by atoms with van der Waals surface area (Å²) in [4.78, 5) is 24.7. The van der Waals surface area contributed by atoms with Gasteiger partial charge < -0.3 is 18.8 Å². The molecule has 1 heterocycles. The molecule has 0 aliphatic carbocycles. The minimum Gasteiger partial charge on any atom is -0.497 e. The van der Waals surface area contributed by atoms with Gasteiger partial charge in [0.15, 0.2) is 6.61 Å². The van der Waals surface area contributed by atoms with Crippen LogP contribution in [-0.4, -0.2) is 36.6 Å².